The largest absolute Gasteiger partial charge is 0.497 e. The van der Waals surface area contributed by atoms with Crippen LogP contribution in [0.5, 0.6) is 5.75 Å². The Morgan fingerprint density at radius 2 is 1.64 bits per heavy atom. The van der Waals surface area contributed by atoms with Gasteiger partial charge in [0.2, 0.25) is 5.91 Å². The quantitative estimate of drug-likeness (QED) is 0.651. The van der Waals surface area contributed by atoms with Crippen LogP contribution in [0.4, 0.5) is 5.69 Å². The molecule has 1 amide bonds. The Morgan fingerprint density at radius 1 is 0.939 bits per heavy atom. The van der Waals surface area contributed by atoms with Crippen LogP contribution in [0.25, 0.3) is 0 Å². The molecule has 7 rings (SSSR count). The number of carbonyl (C=O) groups excluding carboxylic acids is 1. The van der Waals surface area contributed by atoms with E-state index in [4.69, 9.17) is 4.74 Å². The number of methoxy groups -OCH3 is 1. The molecule has 1 saturated heterocycles. The van der Waals surface area contributed by atoms with Crippen molar-refractivity contribution in [1.82, 2.24) is 4.90 Å². The summed E-state index contributed by atoms with van der Waals surface area (Å²) >= 11 is 0. The van der Waals surface area contributed by atoms with Gasteiger partial charge in [0, 0.05) is 37.9 Å². The maximum atomic E-state index is 14.1. The van der Waals surface area contributed by atoms with Gasteiger partial charge < -0.3 is 14.5 Å². The Morgan fingerprint density at radius 3 is 2.30 bits per heavy atom. The van der Waals surface area contributed by atoms with E-state index in [1.807, 2.05) is 12.1 Å². The van der Waals surface area contributed by atoms with Gasteiger partial charge in [0.15, 0.2) is 0 Å². The first-order valence-corrected chi connectivity index (χ1v) is 12.7. The highest BCUT2D eigenvalue weighted by Crippen LogP contribution is 2.66. The van der Waals surface area contributed by atoms with Gasteiger partial charge in [0.1, 0.15) is 5.75 Å². The summed E-state index contributed by atoms with van der Waals surface area (Å²) in [5.74, 6) is 2.78. The summed E-state index contributed by atoms with van der Waals surface area (Å²) < 4.78 is 5.40. The summed E-state index contributed by atoms with van der Waals surface area (Å²) in [6, 6.07) is 17.5. The third kappa shape index (κ3) is 3.53. The number of benzene rings is 2. The molecule has 1 heterocycles. The average Bonchev–Trinajstić information content (AvgIpc) is 2.83. The highest BCUT2D eigenvalue weighted by atomic mass is 16.5. The minimum atomic E-state index is -0.132. The number of hydrogen-bond acceptors (Lipinski definition) is 3. The van der Waals surface area contributed by atoms with Crippen LogP contribution in [0.3, 0.4) is 0 Å². The molecule has 4 nitrogen and oxygen atoms in total. The van der Waals surface area contributed by atoms with Crippen molar-refractivity contribution in [3.8, 4) is 5.75 Å². The van der Waals surface area contributed by atoms with E-state index in [1.165, 1.54) is 36.1 Å². The maximum absolute atomic E-state index is 14.1. The van der Waals surface area contributed by atoms with Gasteiger partial charge >= 0.3 is 0 Å². The van der Waals surface area contributed by atoms with E-state index in [0.29, 0.717) is 5.91 Å². The molecule has 0 radical (unpaired) electrons. The number of anilines is 1. The number of hydrogen-bond donors (Lipinski definition) is 0. The molecule has 5 fully saturated rings. The molecular weight excluding hydrogens is 408 g/mol. The maximum Gasteiger partial charge on any atom is 0.228 e. The molecule has 2 atom stereocenters. The zero-order chi connectivity index (χ0) is 22.6. The number of carbonyl (C=O) groups is 1. The summed E-state index contributed by atoms with van der Waals surface area (Å²) in [5.41, 5.74) is 4.09. The molecule has 4 saturated carbocycles. The lowest BCUT2D eigenvalue weighted by atomic mass is 9.42. The van der Waals surface area contributed by atoms with E-state index in [-0.39, 0.29) is 10.8 Å². The van der Waals surface area contributed by atoms with Gasteiger partial charge in [0.25, 0.3) is 0 Å². The van der Waals surface area contributed by atoms with Crippen molar-refractivity contribution in [1.29, 1.82) is 0 Å². The van der Waals surface area contributed by atoms with Crippen LogP contribution in [0.15, 0.2) is 48.5 Å². The summed E-state index contributed by atoms with van der Waals surface area (Å²) in [5, 5.41) is 0. The number of nitrogens with zero attached hydrogens (tertiary/aromatic N) is 2. The van der Waals surface area contributed by atoms with E-state index >= 15 is 0 Å². The smallest absolute Gasteiger partial charge is 0.228 e. The lowest BCUT2D eigenvalue weighted by Gasteiger charge is -2.62. The molecule has 0 N–H and O–H groups in total. The predicted molar refractivity (Wildman–Crippen MR) is 132 cm³/mol. The monoisotopic (exact) mass is 444 g/mol. The second-order valence-electron chi connectivity index (χ2n) is 11.4. The van der Waals surface area contributed by atoms with Crippen LogP contribution in [-0.2, 0) is 10.2 Å². The van der Waals surface area contributed by atoms with Gasteiger partial charge in [0.05, 0.1) is 12.5 Å². The van der Waals surface area contributed by atoms with Crippen molar-refractivity contribution in [3.05, 3.63) is 59.7 Å². The predicted octanol–water partition coefficient (Wildman–Crippen LogP) is 5.19. The fourth-order valence-corrected chi connectivity index (χ4v) is 8.07. The fourth-order valence-electron chi connectivity index (χ4n) is 8.07. The van der Waals surface area contributed by atoms with Crippen LogP contribution in [0, 0.1) is 24.2 Å². The Balaban J connectivity index is 1.20. The van der Waals surface area contributed by atoms with Gasteiger partial charge in [-0.1, -0.05) is 35.9 Å². The van der Waals surface area contributed by atoms with Crippen molar-refractivity contribution < 1.29 is 9.53 Å². The van der Waals surface area contributed by atoms with Crippen LogP contribution >= 0.6 is 0 Å². The third-order valence-electron chi connectivity index (χ3n) is 9.16. The van der Waals surface area contributed by atoms with Crippen molar-refractivity contribution >= 4 is 11.6 Å². The Hall–Kier alpha value is -2.49. The molecule has 0 spiro atoms. The molecule has 4 heteroatoms. The van der Waals surface area contributed by atoms with Crippen molar-refractivity contribution in [2.24, 2.45) is 17.3 Å². The van der Waals surface area contributed by atoms with E-state index in [1.54, 1.807) is 7.11 Å². The molecule has 1 aliphatic heterocycles. The molecule has 2 aromatic carbocycles. The normalized spacial score (nSPS) is 32.8. The first-order chi connectivity index (χ1) is 16.0. The second kappa shape index (κ2) is 7.78. The van der Waals surface area contributed by atoms with Gasteiger partial charge in [-0.15, -0.1) is 0 Å². The van der Waals surface area contributed by atoms with Crippen LogP contribution in [0.1, 0.15) is 49.7 Å². The molecule has 4 aliphatic carbocycles. The Labute approximate surface area is 197 Å². The first kappa shape index (κ1) is 21.1. The van der Waals surface area contributed by atoms with E-state index < -0.39 is 0 Å². The number of ether oxygens (including phenoxy) is 1. The number of aryl methyl sites for hydroxylation is 1. The minimum Gasteiger partial charge on any atom is -0.497 e. The number of amides is 1. The molecule has 2 unspecified atom stereocenters. The van der Waals surface area contributed by atoms with Crippen molar-refractivity contribution in [2.45, 2.75) is 50.9 Å². The SMILES string of the molecule is COc1cccc(N2CCN(C(=O)C34CC5CC(C3)CC(c3ccc(C)cc3)(C5)C4)CC2)c1. The standard InChI is InChI=1S/C29H36N2O2/c1-21-6-8-24(9-7-21)28-16-22-14-23(17-28)19-29(18-22,20-28)27(32)31-12-10-30(11-13-31)25-4-3-5-26(15-25)33-2/h3-9,15,22-23H,10-14,16-20H2,1-2H3. The zero-order valence-corrected chi connectivity index (χ0v) is 20.1. The first-order valence-electron chi connectivity index (χ1n) is 12.7. The van der Waals surface area contributed by atoms with Gasteiger partial charge in [-0.2, -0.15) is 0 Å². The molecule has 2 aromatic rings. The highest BCUT2D eigenvalue weighted by Gasteiger charge is 2.61. The second-order valence-corrected chi connectivity index (χ2v) is 11.4. The molecule has 174 valence electrons. The summed E-state index contributed by atoms with van der Waals surface area (Å²) in [6.07, 6.45) is 7.20. The fraction of sp³-hybridized carbons (Fsp3) is 0.552. The van der Waals surface area contributed by atoms with E-state index in [2.05, 4.69) is 53.1 Å². The van der Waals surface area contributed by atoms with Crippen molar-refractivity contribution in [3.63, 3.8) is 0 Å². The topological polar surface area (TPSA) is 32.8 Å². The molecular formula is C29H36N2O2. The van der Waals surface area contributed by atoms with Gasteiger partial charge in [-0.25, -0.2) is 0 Å². The van der Waals surface area contributed by atoms with Crippen LogP contribution < -0.4 is 9.64 Å². The third-order valence-corrected chi connectivity index (χ3v) is 9.16. The van der Waals surface area contributed by atoms with Gasteiger partial charge in [-0.3, -0.25) is 4.79 Å². The minimum absolute atomic E-state index is 0.132. The lowest BCUT2D eigenvalue weighted by Crippen LogP contribution is -2.61. The van der Waals surface area contributed by atoms with E-state index in [0.717, 1.165) is 63.0 Å². The van der Waals surface area contributed by atoms with Gasteiger partial charge in [-0.05, 0) is 80.4 Å². The Kier molecular flexibility index (Phi) is 4.97. The molecule has 5 aliphatic rings. The zero-order valence-electron chi connectivity index (χ0n) is 20.1. The van der Waals surface area contributed by atoms with E-state index in [9.17, 15) is 4.79 Å². The molecule has 4 bridgehead atoms. The summed E-state index contributed by atoms with van der Waals surface area (Å²) in [7, 11) is 1.71. The molecule has 33 heavy (non-hydrogen) atoms. The summed E-state index contributed by atoms with van der Waals surface area (Å²) in [6.45, 7) is 5.60. The Bertz CT molecular complexity index is 1020. The average molecular weight is 445 g/mol. The van der Waals surface area contributed by atoms with Crippen molar-refractivity contribution in [2.75, 3.05) is 38.2 Å². The van der Waals surface area contributed by atoms with Crippen LogP contribution in [0.2, 0.25) is 0 Å². The molecule has 0 aromatic heterocycles. The summed E-state index contributed by atoms with van der Waals surface area (Å²) in [4.78, 5) is 18.7. The van der Waals surface area contributed by atoms with Crippen LogP contribution in [-0.4, -0.2) is 44.1 Å². The number of piperazine rings is 1. The highest BCUT2D eigenvalue weighted by molar-refractivity contribution is 5.84. The number of rotatable bonds is 4. The lowest BCUT2D eigenvalue weighted by molar-refractivity contribution is -0.160.